The molecule has 0 aliphatic heterocycles. The van der Waals surface area contributed by atoms with E-state index in [1.807, 2.05) is 30.3 Å². The van der Waals surface area contributed by atoms with Crippen LogP contribution in [-0.2, 0) is 9.53 Å². The highest BCUT2D eigenvalue weighted by atomic mass is 19.1. The van der Waals surface area contributed by atoms with E-state index < -0.39 is 24.0 Å². The SMILES string of the molecule is CC(OC(=O)Nc1ccnn1-c1ccc(-c2ccc(OC(=O)C3CC3)c(F)c2)nc1)c1ccccc1. The molecule has 2 aromatic heterocycles. The summed E-state index contributed by atoms with van der Waals surface area (Å²) >= 11 is 0. The van der Waals surface area contributed by atoms with Gasteiger partial charge in [-0.1, -0.05) is 30.3 Å². The first-order chi connectivity index (χ1) is 17.5. The number of hydrogen-bond acceptors (Lipinski definition) is 6. The van der Waals surface area contributed by atoms with Gasteiger partial charge in [0.1, 0.15) is 11.9 Å². The normalized spacial score (nSPS) is 13.6. The van der Waals surface area contributed by atoms with Gasteiger partial charge in [0.25, 0.3) is 0 Å². The molecule has 1 saturated carbocycles. The quantitative estimate of drug-likeness (QED) is 0.266. The van der Waals surface area contributed by atoms with Crippen molar-refractivity contribution in [2.75, 3.05) is 5.32 Å². The van der Waals surface area contributed by atoms with Crippen molar-refractivity contribution in [3.8, 4) is 22.7 Å². The number of rotatable bonds is 7. The summed E-state index contributed by atoms with van der Waals surface area (Å²) in [5.74, 6) is -0.829. The number of aromatic nitrogens is 3. The zero-order valence-electron chi connectivity index (χ0n) is 19.4. The highest BCUT2D eigenvalue weighted by molar-refractivity contribution is 5.84. The summed E-state index contributed by atoms with van der Waals surface area (Å²) in [6, 6.07) is 18.9. The first-order valence-corrected chi connectivity index (χ1v) is 11.5. The predicted octanol–water partition coefficient (Wildman–Crippen LogP) is 5.70. The van der Waals surface area contributed by atoms with Crippen LogP contribution in [0.2, 0.25) is 0 Å². The van der Waals surface area contributed by atoms with Crippen LogP contribution in [0, 0.1) is 11.7 Å². The molecule has 182 valence electrons. The van der Waals surface area contributed by atoms with Crippen molar-refractivity contribution in [2.45, 2.75) is 25.9 Å². The van der Waals surface area contributed by atoms with Crippen molar-refractivity contribution in [3.63, 3.8) is 0 Å². The van der Waals surface area contributed by atoms with Gasteiger partial charge < -0.3 is 9.47 Å². The monoisotopic (exact) mass is 486 g/mol. The van der Waals surface area contributed by atoms with Gasteiger partial charge in [-0.2, -0.15) is 5.10 Å². The molecule has 9 heteroatoms. The van der Waals surface area contributed by atoms with Crippen LogP contribution < -0.4 is 10.1 Å². The minimum Gasteiger partial charge on any atom is -0.441 e. The molecule has 0 bridgehead atoms. The molecule has 1 fully saturated rings. The van der Waals surface area contributed by atoms with Crippen molar-refractivity contribution in [3.05, 3.63) is 90.5 Å². The average molecular weight is 487 g/mol. The molecule has 2 heterocycles. The number of benzene rings is 2. The number of amides is 1. The molecule has 2 aromatic carbocycles. The molecule has 0 spiro atoms. The van der Waals surface area contributed by atoms with E-state index in [0.717, 1.165) is 18.4 Å². The zero-order valence-corrected chi connectivity index (χ0v) is 19.4. The number of nitrogens with one attached hydrogen (secondary N) is 1. The van der Waals surface area contributed by atoms with Gasteiger partial charge in [0.05, 0.1) is 29.7 Å². The van der Waals surface area contributed by atoms with Gasteiger partial charge in [0.2, 0.25) is 0 Å². The maximum Gasteiger partial charge on any atom is 0.413 e. The molecule has 0 saturated heterocycles. The Labute approximate surface area is 206 Å². The fourth-order valence-corrected chi connectivity index (χ4v) is 3.63. The Morgan fingerprint density at radius 1 is 1.08 bits per heavy atom. The summed E-state index contributed by atoms with van der Waals surface area (Å²) in [5.41, 5.74) is 2.52. The Hall–Kier alpha value is -4.53. The highest BCUT2D eigenvalue weighted by Crippen LogP contribution is 2.32. The smallest absolute Gasteiger partial charge is 0.413 e. The van der Waals surface area contributed by atoms with Crippen molar-refractivity contribution in [1.29, 1.82) is 0 Å². The molecule has 1 unspecified atom stereocenters. The first-order valence-electron chi connectivity index (χ1n) is 11.5. The van der Waals surface area contributed by atoms with E-state index in [0.29, 0.717) is 22.8 Å². The zero-order chi connectivity index (χ0) is 25.1. The lowest BCUT2D eigenvalue weighted by Crippen LogP contribution is -2.18. The van der Waals surface area contributed by atoms with E-state index in [4.69, 9.17) is 9.47 Å². The summed E-state index contributed by atoms with van der Waals surface area (Å²) in [6.45, 7) is 1.79. The molecule has 8 nitrogen and oxygen atoms in total. The van der Waals surface area contributed by atoms with Gasteiger partial charge in [-0.05, 0) is 55.7 Å². The van der Waals surface area contributed by atoms with Gasteiger partial charge in [-0.3, -0.25) is 15.1 Å². The molecule has 1 N–H and O–H groups in total. The third-order valence-corrected chi connectivity index (χ3v) is 5.77. The fraction of sp³-hybridized carbons (Fsp3) is 0.185. The van der Waals surface area contributed by atoms with Crippen molar-refractivity contribution in [1.82, 2.24) is 14.8 Å². The Kier molecular flexibility index (Phi) is 6.44. The molecule has 1 aliphatic carbocycles. The minimum absolute atomic E-state index is 0.0898. The van der Waals surface area contributed by atoms with Crippen LogP contribution in [0.15, 0.2) is 79.1 Å². The van der Waals surface area contributed by atoms with Crippen LogP contribution >= 0.6 is 0 Å². The lowest BCUT2D eigenvalue weighted by atomic mass is 10.1. The molecule has 1 aliphatic rings. The largest absolute Gasteiger partial charge is 0.441 e. The maximum atomic E-state index is 14.5. The number of pyridine rings is 1. The second-order valence-electron chi connectivity index (χ2n) is 8.45. The summed E-state index contributed by atoms with van der Waals surface area (Å²) in [7, 11) is 0. The number of halogens is 1. The Bertz CT molecular complexity index is 1380. The number of carbonyl (C=O) groups excluding carboxylic acids is 2. The number of carbonyl (C=O) groups is 2. The number of esters is 1. The summed E-state index contributed by atoms with van der Waals surface area (Å²) in [5, 5.41) is 6.95. The Morgan fingerprint density at radius 3 is 2.58 bits per heavy atom. The molecule has 1 atom stereocenters. The molecule has 5 rings (SSSR count). The third kappa shape index (κ3) is 5.25. The van der Waals surface area contributed by atoms with E-state index in [-0.39, 0.29) is 11.7 Å². The van der Waals surface area contributed by atoms with Crippen LogP contribution in [-0.4, -0.2) is 26.8 Å². The number of hydrogen-bond donors (Lipinski definition) is 1. The summed E-state index contributed by atoms with van der Waals surface area (Å²) in [6.07, 6.45) is 3.64. The second-order valence-corrected chi connectivity index (χ2v) is 8.45. The lowest BCUT2D eigenvalue weighted by molar-refractivity contribution is -0.136. The molecule has 36 heavy (non-hydrogen) atoms. The van der Waals surface area contributed by atoms with E-state index >= 15 is 0 Å². The summed E-state index contributed by atoms with van der Waals surface area (Å²) < 4.78 is 26.6. The topological polar surface area (TPSA) is 95.3 Å². The van der Waals surface area contributed by atoms with Crippen molar-refractivity contribution in [2.24, 2.45) is 5.92 Å². The van der Waals surface area contributed by atoms with Gasteiger partial charge in [-0.25, -0.2) is 13.9 Å². The number of ether oxygens (including phenoxy) is 2. The van der Waals surface area contributed by atoms with Crippen LogP contribution in [0.5, 0.6) is 5.75 Å². The highest BCUT2D eigenvalue weighted by Gasteiger charge is 2.32. The fourth-order valence-electron chi connectivity index (χ4n) is 3.63. The molecule has 0 radical (unpaired) electrons. The number of anilines is 1. The van der Waals surface area contributed by atoms with Gasteiger partial charge >= 0.3 is 12.1 Å². The maximum absolute atomic E-state index is 14.5. The van der Waals surface area contributed by atoms with E-state index in [2.05, 4.69) is 15.4 Å². The molecule has 4 aromatic rings. The van der Waals surface area contributed by atoms with Crippen LogP contribution in [0.25, 0.3) is 16.9 Å². The average Bonchev–Trinajstić information content (AvgIpc) is 3.65. The van der Waals surface area contributed by atoms with Crippen LogP contribution in [0.1, 0.15) is 31.4 Å². The Balaban J connectivity index is 1.26. The standard InChI is InChI=1S/C27H23FN4O4/c1-17(18-5-3-2-4-6-18)35-27(34)31-25-13-14-30-32(25)21-10-11-23(29-16-21)20-9-12-24(22(28)15-20)36-26(33)19-7-8-19/h2-6,9-17,19H,7-8H2,1H3,(H,31,34). The second kappa shape index (κ2) is 9.99. The van der Waals surface area contributed by atoms with Crippen LogP contribution in [0.3, 0.4) is 0 Å². The van der Waals surface area contributed by atoms with E-state index in [1.165, 1.54) is 16.8 Å². The van der Waals surface area contributed by atoms with Crippen molar-refractivity contribution < 1.29 is 23.5 Å². The van der Waals surface area contributed by atoms with Gasteiger partial charge in [-0.15, -0.1) is 0 Å². The van der Waals surface area contributed by atoms with E-state index in [1.54, 1.807) is 43.6 Å². The third-order valence-electron chi connectivity index (χ3n) is 5.77. The van der Waals surface area contributed by atoms with Gasteiger partial charge in [0, 0.05) is 11.6 Å². The Morgan fingerprint density at radius 2 is 1.89 bits per heavy atom. The molecule has 1 amide bonds. The van der Waals surface area contributed by atoms with Crippen molar-refractivity contribution >= 4 is 17.9 Å². The predicted molar refractivity (Wildman–Crippen MR) is 130 cm³/mol. The first kappa shape index (κ1) is 23.2. The number of nitrogens with zero attached hydrogens (tertiary/aromatic N) is 3. The lowest BCUT2D eigenvalue weighted by Gasteiger charge is -2.15. The molecular weight excluding hydrogens is 463 g/mol. The minimum atomic E-state index is -0.630. The van der Waals surface area contributed by atoms with Crippen LogP contribution in [0.4, 0.5) is 15.0 Å². The van der Waals surface area contributed by atoms with Gasteiger partial charge in [0.15, 0.2) is 11.6 Å². The van der Waals surface area contributed by atoms with E-state index in [9.17, 15) is 14.0 Å². The summed E-state index contributed by atoms with van der Waals surface area (Å²) in [4.78, 5) is 28.6. The molecular formula is C27H23FN4O4.